The summed E-state index contributed by atoms with van der Waals surface area (Å²) in [5, 5.41) is 6.08. The van der Waals surface area contributed by atoms with Crippen LogP contribution in [0.3, 0.4) is 0 Å². The standard InChI is InChI=1S/C20H28ClN5O4S2/c1-13(2)32(29,30)18-6-4-3-5-17(18)25-19-16(21)12-22-20(26-19)24-15-9-7-14(8-10-15)11-23-31(27)28/h3-6,12-15,23H,7-11H2,1-2H3,(H,27,28)(H2,22,24,25,26). The summed E-state index contributed by atoms with van der Waals surface area (Å²) in [5.74, 6) is 1.07. The minimum atomic E-state index is -3.49. The third-order valence-corrected chi connectivity index (χ3v) is 8.39. The number of nitrogens with one attached hydrogen (secondary N) is 3. The Morgan fingerprint density at radius 2 is 1.91 bits per heavy atom. The monoisotopic (exact) mass is 501 g/mol. The molecule has 1 fully saturated rings. The van der Waals surface area contributed by atoms with Crippen LogP contribution < -0.4 is 15.4 Å². The summed E-state index contributed by atoms with van der Waals surface area (Å²) in [6.07, 6.45) is 5.08. The Balaban J connectivity index is 1.70. The second-order valence-corrected chi connectivity index (χ2v) is 11.7. The number of para-hydroxylation sites is 1. The highest BCUT2D eigenvalue weighted by molar-refractivity contribution is 7.92. The van der Waals surface area contributed by atoms with Gasteiger partial charge in [-0.1, -0.05) is 23.7 Å². The fraction of sp³-hybridized carbons (Fsp3) is 0.500. The summed E-state index contributed by atoms with van der Waals surface area (Å²) < 4.78 is 47.6. The van der Waals surface area contributed by atoms with Crippen LogP contribution in [0.2, 0.25) is 5.02 Å². The maximum atomic E-state index is 12.7. The normalized spacial score (nSPS) is 20.2. The lowest BCUT2D eigenvalue weighted by Gasteiger charge is -2.29. The Kier molecular flexibility index (Phi) is 8.45. The van der Waals surface area contributed by atoms with E-state index < -0.39 is 26.4 Å². The number of sulfone groups is 1. The van der Waals surface area contributed by atoms with E-state index in [9.17, 15) is 12.6 Å². The highest BCUT2D eigenvalue weighted by Gasteiger charge is 2.24. The minimum absolute atomic E-state index is 0.175. The SMILES string of the molecule is CC(C)S(=O)(=O)c1ccccc1Nc1nc(NC2CCC(CNS(=O)O)CC2)ncc1Cl. The van der Waals surface area contributed by atoms with Crippen LogP contribution in [-0.2, 0) is 21.1 Å². The van der Waals surface area contributed by atoms with Gasteiger partial charge in [0.25, 0.3) is 0 Å². The average Bonchev–Trinajstić information content (AvgIpc) is 2.75. The molecule has 0 radical (unpaired) electrons. The predicted octanol–water partition coefficient (Wildman–Crippen LogP) is 3.75. The zero-order valence-electron chi connectivity index (χ0n) is 17.9. The van der Waals surface area contributed by atoms with Crippen LogP contribution in [0, 0.1) is 5.92 Å². The number of halogens is 1. The van der Waals surface area contributed by atoms with Gasteiger partial charge in [-0.3, -0.25) is 4.55 Å². The van der Waals surface area contributed by atoms with E-state index in [2.05, 4.69) is 25.3 Å². The molecule has 12 heteroatoms. The molecule has 9 nitrogen and oxygen atoms in total. The van der Waals surface area contributed by atoms with Crippen molar-refractivity contribution in [1.29, 1.82) is 0 Å². The molecule has 3 rings (SSSR count). The Bertz CT molecular complexity index is 1060. The van der Waals surface area contributed by atoms with Crippen molar-refractivity contribution in [3.8, 4) is 0 Å². The molecule has 1 saturated carbocycles. The average molecular weight is 502 g/mol. The van der Waals surface area contributed by atoms with E-state index in [1.165, 1.54) is 6.20 Å². The van der Waals surface area contributed by atoms with E-state index in [0.29, 0.717) is 29.9 Å². The molecule has 176 valence electrons. The predicted molar refractivity (Wildman–Crippen MR) is 127 cm³/mol. The topological polar surface area (TPSA) is 133 Å². The smallest absolute Gasteiger partial charge is 0.231 e. The highest BCUT2D eigenvalue weighted by atomic mass is 35.5. The Morgan fingerprint density at radius 3 is 2.56 bits per heavy atom. The maximum absolute atomic E-state index is 12.7. The van der Waals surface area contributed by atoms with Gasteiger partial charge in [-0.2, -0.15) is 4.98 Å². The first kappa shape index (κ1) is 24.8. The molecular formula is C20H28ClN5O4S2. The van der Waals surface area contributed by atoms with Crippen LogP contribution in [-0.4, -0.2) is 45.0 Å². The number of aromatic nitrogens is 2. The third kappa shape index (κ3) is 6.38. The molecule has 0 spiro atoms. The molecule has 0 amide bonds. The van der Waals surface area contributed by atoms with Crippen LogP contribution in [0.15, 0.2) is 35.4 Å². The Morgan fingerprint density at radius 1 is 1.22 bits per heavy atom. The van der Waals surface area contributed by atoms with Gasteiger partial charge in [0.2, 0.25) is 17.2 Å². The molecule has 0 bridgehead atoms. The number of hydrogen-bond acceptors (Lipinski definition) is 7. The molecule has 1 atom stereocenters. The van der Waals surface area contributed by atoms with E-state index in [1.54, 1.807) is 38.1 Å². The molecule has 1 aliphatic rings. The molecule has 1 aliphatic carbocycles. The van der Waals surface area contributed by atoms with Crippen LogP contribution >= 0.6 is 11.6 Å². The van der Waals surface area contributed by atoms with Crippen LogP contribution in [0.5, 0.6) is 0 Å². The van der Waals surface area contributed by atoms with Gasteiger partial charge in [0.15, 0.2) is 15.7 Å². The lowest BCUT2D eigenvalue weighted by molar-refractivity contribution is 0.336. The van der Waals surface area contributed by atoms with Crippen molar-refractivity contribution < 1.29 is 17.2 Å². The van der Waals surface area contributed by atoms with E-state index >= 15 is 0 Å². The molecule has 2 aromatic rings. The number of hydrogen-bond donors (Lipinski definition) is 4. The summed E-state index contributed by atoms with van der Waals surface area (Å²) in [5.41, 5.74) is 0.405. The molecule has 1 heterocycles. The van der Waals surface area contributed by atoms with Crippen molar-refractivity contribution >= 4 is 50.2 Å². The molecular weight excluding hydrogens is 474 g/mol. The third-order valence-electron chi connectivity index (χ3n) is 5.49. The minimum Gasteiger partial charge on any atom is -0.351 e. The van der Waals surface area contributed by atoms with E-state index in [-0.39, 0.29) is 16.0 Å². The van der Waals surface area contributed by atoms with Crippen molar-refractivity contribution in [3.05, 3.63) is 35.5 Å². The first-order valence-corrected chi connectivity index (χ1v) is 13.4. The lowest BCUT2D eigenvalue weighted by Crippen LogP contribution is -2.32. The fourth-order valence-corrected chi connectivity index (χ4v) is 5.32. The summed E-state index contributed by atoms with van der Waals surface area (Å²) in [4.78, 5) is 8.91. The molecule has 0 saturated heterocycles. The first-order chi connectivity index (χ1) is 15.2. The largest absolute Gasteiger partial charge is 0.351 e. The highest BCUT2D eigenvalue weighted by Crippen LogP contribution is 2.31. The zero-order chi connectivity index (χ0) is 23.3. The quantitative estimate of drug-likeness (QED) is 0.382. The number of nitrogens with zero attached hydrogens (tertiary/aromatic N) is 2. The van der Waals surface area contributed by atoms with Gasteiger partial charge in [0, 0.05) is 12.6 Å². The van der Waals surface area contributed by atoms with Crippen LogP contribution in [0.1, 0.15) is 39.5 Å². The van der Waals surface area contributed by atoms with Crippen molar-refractivity contribution in [1.82, 2.24) is 14.7 Å². The van der Waals surface area contributed by atoms with E-state index in [0.717, 1.165) is 25.7 Å². The van der Waals surface area contributed by atoms with Gasteiger partial charge in [-0.05, 0) is 57.6 Å². The van der Waals surface area contributed by atoms with Gasteiger partial charge < -0.3 is 10.6 Å². The van der Waals surface area contributed by atoms with Crippen molar-refractivity contribution in [2.24, 2.45) is 5.92 Å². The van der Waals surface area contributed by atoms with Crippen LogP contribution in [0.4, 0.5) is 17.5 Å². The molecule has 0 aliphatic heterocycles. The molecule has 1 unspecified atom stereocenters. The Hall–Kier alpha value is -1.79. The zero-order valence-corrected chi connectivity index (χ0v) is 20.3. The summed E-state index contributed by atoms with van der Waals surface area (Å²) in [6.45, 7) is 3.79. The first-order valence-electron chi connectivity index (χ1n) is 10.4. The number of anilines is 3. The summed E-state index contributed by atoms with van der Waals surface area (Å²) in [7, 11) is -3.49. The summed E-state index contributed by atoms with van der Waals surface area (Å²) >= 11 is 4.30. The molecule has 1 aromatic heterocycles. The second-order valence-electron chi connectivity index (χ2n) is 8.06. The van der Waals surface area contributed by atoms with Crippen molar-refractivity contribution in [2.75, 3.05) is 17.2 Å². The van der Waals surface area contributed by atoms with Crippen molar-refractivity contribution in [2.45, 2.75) is 55.7 Å². The van der Waals surface area contributed by atoms with Crippen molar-refractivity contribution in [3.63, 3.8) is 0 Å². The maximum Gasteiger partial charge on any atom is 0.231 e. The van der Waals surface area contributed by atoms with E-state index in [4.69, 9.17) is 16.2 Å². The second kappa shape index (κ2) is 10.9. The number of benzene rings is 1. The Labute approximate surface area is 196 Å². The van der Waals surface area contributed by atoms with Gasteiger partial charge >= 0.3 is 0 Å². The lowest BCUT2D eigenvalue weighted by atomic mass is 9.86. The van der Waals surface area contributed by atoms with Gasteiger partial charge in [-0.15, -0.1) is 0 Å². The van der Waals surface area contributed by atoms with Gasteiger partial charge in [0.1, 0.15) is 5.02 Å². The fourth-order valence-electron chi connectivity index (χ4n) is 3.61. The van der Waals surface area contributed by atoms with Gasteiger partial charge in [0.05, 0.1) is 22.0 Å². The molecule has 4 N–H and O–H groups in total. The van der Waals surface area contributed by atoms with Crippen LogP contribution in [0.25, 0.3) is 0 Å². The number of rotatable bonds is 9. The molecule has 32 heavy (non-hydrogen) atoms. The van der Waals surface area contributed by atoms with E-state index in [1.807, 2.05) is 0 Å². The summed E-state index contributed by atoms with van der Waals surface area (Å²) in [6, 6.07) is 6.84. The molecule has 1 aromatic carbocycles. The van der Waals surface area contributed by atoms with Gasteiger partial charge in [-0.25, -0.2) is 22.3 Å².